The van der Waals surface area contributed by atoms with Crippen LogP contribution in [0.2, 0.25) is 0 Å². The molecule has 0 saturated carbocycles. The molecule has 2 aromatic carbocycles. The summed E-state index contributed by atoms with van der Waals surface area (Å²) in [6, 6.07) is 14.1. The van der Waals surface area contributed by atoms with Crippen molar-refractivity contribution in [3.8, 4) is 0 Å². The van der Waals surface area contributed by atoms with Gasteiger partial charge in [0, 0.05) is 16.1 Å². The third kappa shape index (κ3) is 2.47. The molecular formula is C19H16BrNO2. The predicted octanol–water partition coefficient (Wildman–Crippen LogP) is 4.97. The average Bonchev–Trinajstić information content (AvgIpc) is 3.04. The summed E-state index contributed by atoms with van der Waals surface area (Å²) in [5, 5.41) is 12.9. The zero-order valence-corrected chi connectivity index (χ0v) is 14.0. The molecule has 4 rings (SSSR count). The molecule has 23 heavy (non-hydrogen) atoms. The van der Waals surface area contributed by atoms with Crippen molar-refractivity contribution in [1.82, 2.24) is 0 Å². The molecule has 2 N–H and O–H groups in total. The number of fused-ring (bicyclic) bond motifs is 3. The lowest BCUT2D eigenvalue weighted by molar-refractivity contribution is 0.0696. The molecule has 1 heterocycles. The van der Waals surface area contributed by atoms with Crippen molar-refractivity contribution in [2.24, 2.45) is 5.92 Å². The van der Waals surface area contributed by atoms with Crippen molar-refractivity contribution in [2.75, 3.05) is 5.32 Å². The second-order valence-corrected chi connectivity index (χ2v) is 7.05. The van der Waals surface area contributed by atoms with Crippen LogP contribution in [0.1, 0.15) is 39.9 Å². The fourth-order valence-electron chi connectivity index (χ4n) is 3.73. The summed E-state index contributed by atoms with van der Waals surface area (Å²) in [5.41, 5.74) is 3.75. The van der Waals surface area contributed by atoms with Gasteiger partial charge in [0.05, 0.1) is 11.6 Å². The van der Waals surface area contributed by atoms with Crippen LogP contribution < -0.4 is 5.32 Å². The molecule has 2 aromatic rings. The van der Waals surface area contributed by atoms with Gasteiger partial charge in [0.2, 0.25) is 0 Å². The van der Waals surface area contributed by atoms with Crippen LogP contribution in [0, 0.1) is 5.92 Å². The number of benzene rings is 2. The summed E-state index contributed by atoms with van der Waals surface area (Å²) in [6.45, 7) is 0. The van der Waals surface area contributed by atoms with Crippen LogP contribution in [0.15, 0.2) is 59.1 Å². The van der Waals surface area contributed by atoms with Crippen molar-refractivity contribution < 1.29 is 9.90 Å². The fourth-order valence-corrected chi connectivity index (χ4v) is 3.99. The summed E-state index contributed by atoms with van der Waals surface area (Å²) in [6.07, 6.45) is 5.45. The van der Waals surface area contributed by atoms with Crippen LogP contribution >= 0.6 is 15.9 Å². The Morgan fingerprint density at radius 3 is 2.70 bits per heavy atom. The van der Waals surface area contributed by atoms with E-state index >= 15 is 0 Å². The summed E-state index contributed by atoms with van der Waals surface area (Å²) >= 11 is 3.48. The predicted molar refractivity (Wildman–Crippen MR) is 93.9 cm³/mol. The van der Waals surface area contributed by atoms with Gasteiger partial charge in [-0.3, -0.25) is 0 Å². The number of anilines is 1. The number of hydrogen-bond donors (Lipinski definition) is 2. The van der Waals surface area contributed by atoms with Crippen molar-refractivity contribution in [1.29, 1.82) is 0 Å². The number of aromatic carboxylic acids is 1. The van der Waals surface area contributed by atoms with Crippen molar-refractivity contribution in [3.05, 3.63) is 75.8 Å². The largest absolute Gasteiger partial charge is 0.478 e. The first-order valence-electron chi connectivity index (χ1n) is 7.69. The highest BCUT2D eigenvalue weighted by Gasteiger charge is 2.38. The van der Waals surface area contributed by atoms with E-state index in [1.807, 2.05) is 12.1 Å². The summed E-state index contributed by atoms with van der Waals surface area (Å²) in [5.74, 6) is -0.173. The number of rotatable bonds is 2. The van der Waals surface area contributed by atoms with Gasteiger partial charge in [-0.1, -0.05) is 40.2 Å². The number of halogens is 1. The van der Waals surface area contributed by atoms with E-state index in [-0.39, 0.29) is 12.0 Å². The zero-order chi connectivity index (χ0) is 16.0. The van der Waals surface area contributed by atoms with Crippen LogP contribution in [-0.2, 0) is 0 Å². The first kappa shape index (κ1) is 14.5. The van der Waals surface area contributed by atoms with Gasteiger partial charge in [-0.15, -0.1) is 0 Å². The van der Waals surface area contributed by atoms with Gasteiger partial charge in [0.1, 0.15) is 0 Å². The van der Waals surface area contributed by atoms with Crippen molar-refractivity contribution in [3.63, 3.8) is 0 Å². The number of carboxylic acids is 1. The monoisotopic (exact) mass is 369 g/mol. The summed E-state index contributed by atoms with van der Waals surface area (Å²) < 4.78 is 1.07. The molecule has 0 fully saturated rings. The standard InChI is InChI=1S/C19H16BrNO2/c20-13-7-4-11(5-8-13)18-15-3-1-2-14(15)16-10-12(19(22)23)6-9-17(16)21-18/h1-2,4-10,14-15,18,21H,3H2,(H,22,23)/t14-,15+,18-/m0/s1. The first-order chi connectivity index (χ1) is 11.1. The molecule has 1 aliphatic heterocycles. The molecule has 4 heteroatoms. The second-order valence-electron chi connectivity index (χ2n) is 6.13. The van der Waals surface area contributed by atoms with Gasteiger partial charge in [-0.05, 0) is 53.8 Å². The minimum Gasteiger partial charge on any atom is -0.478 e. The van der Waals surface area contributed by atoms with Gasteiger partial charge in [-0.25, -0.2) is 4.79 Å². The van der Waals surface area contributed by atoms with E-state index in [1.165, 1.54) is 5.56 Å². The first-order valence-corrected chi connectivity index (χ1v) is 8.48. The Balaban J connectivity index is 1.77. The maximum atomic E-state index is 11.3. The molecule has 0 amide bonds. The smallest absolute Gasteiger partial charge is 0.335 e. The minimum atomic E-state index is -0.874. The van der Waals surface area contributed by atoms with Crippen LogP contribution in [0.4, 0.5) is 5.69 Å². The van der Waals surface area contributed by atoms with E-state index in [2.05, 4.69) is 57.7 Å². The van der Waals surface area contributed by atoms with E-state index in [0.717, 1.165) is 22.1 Å². The van der Waals surface area contributed by atoms with Crippen LogP contribution in [0.3, 0.4) is 0 Å². The Morgan fingerprint density at radius 1 is 1.17 bits per heavy atom. The van der Waals surface area contributed by atoms with E-state index in [9.17, 15) is 9.90 Å². The van der Waals surface area contributed by atoms with Crippen LogP contribution in [-0.4, -0.2) is 11.1 Å². The van der Waals surface area contributed by atoms with Crippen LogP contribution in [0.5, 0.6) is 0 Å². The lowest BCUT2D eigenvalue weighted by Crippen LogP contribution is -2.29. The number of allylic oxidation sites excluding steroid dienone is 2. The molecule has 3 nitrogen and oxygen atoms in total. The molecule has 0 spiro atoms. The normalized spacial score (nSPS) is 24.7. The maximum Gasteiger partial charge on any atom is 0.335 e. The number of nitrogens with one attached hydrogen (secondary N) is 1. The minimum absolute atomic E-state index is 0.242. The van der Waals surface area contributed by atoms with Crippen molar-refractivity contribution >= 4 is 27.6 Å². The molecule has 1 aliphatic carbocycles. The Bertz CT molecular complexity index is 798. The third-order valence-electron chi connectivity index (χ3n) is 4.84. The number of carboxylic acid groups (broad SMARTS) is 1. The lowest BCUT2D eigenvalue weighted by atomic mass is 9.76. The summed E-state index contributed by atoms with van der Waals surface area (Å²) in [7, 11) is 0. The van der Waals surface area contributed by atoms with Gasteiger partial charge < -0.3 is 10.4 Å². The van der Waals surface area contributed by atoms with Gasteiger partial charge in [0.25, 0.3) is 0 Å². The topological polar surface area (TPSA) is 49.3 Å². The van der Waals surface area contributed by atoms with Crippen LogP contribution in [0.25, 0.3) is 0 Å². The SMILES string of the molecule is O=C(O)c1ccc2c(c1)[C@H]1C=CC[C@H]1[C@H](c1ccc(Br)cc1)N2. The molecule has 0 saturated heterocycles. The second kappa shape index (κ2) is 5.53. The fraction of sp³-hybridized carbons (Fsp3) is 0.211. The van der Waals surface area contributed by atoms with E-state index in [1.54, 1.807) is 6.07 Å². The van der Waals surface area contributed by atoms with E-state index < -0.39 is 5.97 Å². The molecule has 0 unspecified atom stereocenters. The molecular weight excluding hydrogens is 354 g/mol. The van der Waals surface area contributed by atoms with E-state index in [0.29, 0.717) is 11.5 Å². The Hall–Kier alpha value is -2.07. The molecule has 0 aromatic heterocycles. The van der Waals surface area contributed by atoms with Crippen molar-refractivity contribution in [2.45, 2.75) is 18.4 Å². The van der Waals surface area contributed by atoms with Gasteiger partial charge >= 0.3 is 5.97 Å². The average molecular weight is 370 g/mol. The highest BCUT2D eigenvalue weighted by atomic mass is 79.9. The highest BCUT2D eigenvalue weighted by molar-refractivity contribution is 9.10. The quantitative estimate of drug-likeness (QED) is 0.734. The molecule has 0 radical (unpaired) electrons. The third-order valence-corrected chi connectivity index (χ3v) is 5.37. The Labute approximate surface area is 143 Å². The highest BCUT2D eigenvalue weighted by Crippen LogP contribution is 2.49. The van der Waals surface area contributed by atoms with Gasteiger partial charge in [-0.2, -0.15) is 0 Å². The molecule has 2 aliphatic rings. The Kier molecular flexibility index (Phi) is 3.49. The maximum absolute atomic E-state index is 11.3. The zero-order valence-electron chi connectivity index (χ0n) is 12.4. The molecule has 116 valence electrons. The molecule has 0 bridgehead atoms. The molecule has 3 atom stereocenters. The Morgan fingerprint density at radius 2 is 1.96 bits per heavy atom. The van der Waals surface area contributed by atoms with Gasteiger partial charge in [0.15, 0.2) is 0 Å². The van der Waals surface area contributed by atoms with E-state index in [4.69, 9.17) is 0 Å². The number of hydrogen-bond acceptors (Lipinski definition) is 2. The lowest BCUT2D eigenvalue weighted by Gasteiger charge is -2.37. The summed E-state index contributed by atoms with van der Waals surface area (Å²) in [4.78, 5) is 11.3. The number of carbonyl (C=O) groups is 1.